The number of carbonyl (C=O) groups excluding carboxylic acids is 2. The second-order valence-electron chi connectivity index (χ2n) is 6.93. The first kappa shape index (κ1) is 15.2. The highest BCUT2D eigenvalue weighted by Gasteiger charge is 2.37. The van der Waals surface area contributed by atoms with Crippen LogP contribution in [0.25, 0.3) is 5.52 Å². The molecule has 126 valence electrons. The number of rotatable bonds is 3. The van der Waals surface area contributed by atoms with Crippen LogP contribution < -0.4 is 4.90 Å². The molecular weight excluding hydrogens is 304 g/mol. The standard InChI is InChI=1S/C18H22N4O2/c1-12-11-20(7-8-21(12)18(24)14-3-4-14)15-5-6-22-17(9-15)16(10-19-22)13(2)23/h5-6,9-10,12,14H,3-4,7-8,11H2,1-2H3/t12-/m1/s1. The summed E-state index contributed by atoms with van der Waals surface area (Å²) >= 11 is 0. The summed E-state index contributed by atoms with van der Waals surface area (Å²) in [6.07, 6.45) is 5.62. The fourth-order valence-electron chi connectivity index (χ4n) is 3.52. The summed E-state index contributed by atoms with van der Waals surface area (Å²) in [6, 6.07) is 4.25. The highest BCUT2D eigenvalue weighted by molar-refractivity contribution is 6.00. The van der Waals surface area contributed by atoms with Gasteiger partial charge in [0.2, 0.25) is 5.91 Å². The van der Waals surface area contributed by atoms with Gasteiger partial charge in [-0.25, -0.2) is 4.52 Å². The molecule has 0 N–H and O–H groups in total. The summed E-state index contributed by atoms with van der Waals surface area (Å²) < 4.78 is 1.73. The van der Waals surface area contributed by atoms with Gasteiger partial charge in [0.15, 0.2) is 5.78 Å². The number of hydrogen-bond donors (Lipinski definition) is 0. The molecule has 1 aliphatic carbocycles. The van der Waals surface area contributed by atoms with E-state index in [1.165, 1.54) is 0 Å². The number of anilines is 1. The molecule has 0 bridgehead atoms. The number of Topliss-reactive ketones (excluding diaryl/α,β-unsaturated/α-hetero) is 1. The van der Waals surface area contributed by atoms with Crippen molar-refractivity contribution in [2.45, 2.75) is 32.7 Å². The van der Waals surface area contributed by atoms with Crippen LogP contribution in [0, 0.1) is 5.92 Å². The van der Waals surface area contributed by atoms with E-state index in [0.29, 0.717) is 11.5 Å². The Bertz CT molecular complexity index is 808. The van der Waals surface area contributed by atoms with E-state index in [1.807, 2.05) is 23.2 Å². The fourth-order valence-corrected chi connectivity index (χ4v) is 3.52. The van der Waals surface area contributed by atoms with Crippen LogP contribution in [0.1, 0.15) is 37.0 Å². The smallest absolute Gasteiger partial charge is 0.226 e. The van der Waals surface area contributed by atoms with Crippen LogP contribution in [0.2, 0.25) is 0 Å². The molecule has 0 unspecified atom stereocenters. The third-order valence-electron chi connectivity index (χ3n) is 5.09. The number of aromatic nitrogens is 2. The van der Waals surface area contributed by atoms with E-state index in [9.17, 15) is 9.59 Å². The van der Waals surface area contributed by atoms with Gasteiger partial charge in [-0.05, 0) is 38.8 Å². The van der Waals surface area contributed by atoms with Crippen LogP contribution >= 0.6 is 0 Å². The summed E-state index contributed by atoms with van der Waals surface area (Å²) in [4.78, 5) is 28.4. The van der Waals surface area contributed by atoms with Crippen LogP contribution in [-0.2, 0) is 4.79 Å². The summed E-state index contributed by atoms with van der Waals surface area (Å²) in [6.45, 7) is 6.08. The molecule has 6 nitrogen and oxygen atoms in total. The zero-order valence-corrected chi connectivity index (χ0v) is 14.1. The minimum Gasteiger partial charge on any atom is -0.368 e. The molecule has 2 aromatic rings. The second kappa shape index (κ2) is 5.61. The van der Waals surface area contributed by atoms with Crippen LogP contribution in [0.5, 0.6) is 0 Å². The van der Waals surface area contributed by atoms with Gasteiger partial charge in [0.25, 0.3) is 0 Å². The Balaban J connectivity index is 1.56. The van der Waals surface area contributed by atoms with Crippen molar-refractivity contribution in [3.8, 4) is 0 Å². The van der Waals surface area contributed by atoms with Crippen molar-refractivity contribution in [1.82, 2.24) is 14.5 Å². The van der Waals surface area contributed by atoms with E-state index in [-0.39, 0.29) is 17.7 Å². The largest absolute Gasteiger partial charge is 0.368 e. The molecule has 3 heterocycles. The molecule has 4 rings (SSSR count). The first-order valence-electron chi connectivity index (χ1n) is 8.58. The molecule has 2 fully saturated rings. The molecule has 24 heavy (non-hydrogen) atoms. The van der Waals surface area contributed by atoms with E-state index in [0.717, 1.165) is 43.7 Å². The maximum absolute atomic E-state index is 12.3. The number of nitrogens with zero attached hydrogens (tertiary/aromatic N) is 4. The van der Waals surface area contributed by atoms with Crippen molar-refractivity contribution in [3.63, 3.8) is 0 Å². The summed E-state index contributed by atoms with van der Waals surface area (Å²) in [7, 11) is 0. The quantitative estimate of drug-likeness (QED) is 0.810. The predicted octanol–water partition coefficient (Wildman–Crippen LogP) is 1.98. The summed E-state index contributed by atoms with van der Waals surface area (Å²) in [5, 5.41) is 4.23. The van der Waals surface area contributed by atoms with Gasteiger partial charge in [-0.15, -0.1) is 0 Å². The number of amides is 1. The Morgan fingerprint density at radius 1 is 1.25 bits per heavy atom. The van der Waals surface area contributed by atoms with Crippen molar-refractivity contribution in [2.24, 2.45) is 5.92 Å². The molecule has 1 saturated carbocycles. The molecule has 6 heteroatoms. The topological polar surface area (TPSA) is 57.9 Å². The Labute approximate surface area is 141 Å². The van der Waals surface area contributed by atoms with Crippen LogP contribution in [0.4, 0.5) is 5.69 Å². The number of piperazine rings is 1. The van der Waals surface area contributed by atoms with E-state index >= 15 is 0 Å². The van der Waals surface area contributed by atoms with E-state index in [4.69, 9.17) is 0 Å². The number of hydrogen-bond acceptors (Lipinski definition) is 4. The van der Waals surface area contributed by atoms with Gasteiger partial charge < -0.3 is 9.80 Å². The number of fused-ring (bicyclic) bond motifs is 1. The molecule has 1 aliphatic heterocycles. The van der Waals surface area contributed by atoms with Crippen molar-refractivity contribution in [3.05, 3.63) is 30.1 Å². The van der Waals surface area contributed by atoms with Crippen LogP contribution in [-0.4, -0.2) is 51.9 Å². The lowest BCUT2D eigenvalue weighted by molar-refractivity contribution is -0.134. The lowest BCUT2D eigenvalue weighted by Crippen LogP contribution is -2.54. The Hall–Kier alpha value is -2.37. The highest BCUT2D eigenvalue weighted by Crippen LogP contribution is 2.32. The van der Waals surface area contributed by atoms with E-state index in [2.05, 4.69) is 16.9 Å². The number of pyridine rings is 1. The molecule has 0 aromatic carbocycles. The average molecular weight is 326 g/mol. The minimum absolute atomic E-state index is 0.0235. The lowest BCUT2D eigenvalue weighted by atomic mass is 10.1. The van der Waals surface area contributed by atoms with Crippen molar-refractivity contribution < 1.29 is 9.59 Å². The van der Waals surface area contributed by atoms with Crippen LogP contribution in [0.15, 0.2) is 24.5 Å². The van der Waals surface area contributed by atoms with Gasteiger partial charge in [-0.3, -0.25) is 9.59 Å². The maximum Gasteiger partial charge on any atom is 0.226 e. The summed E-state index contributed by atoms with van der Waals surface area (Å²) in [5.41, 5.74) is 2.56. The van der Waals surface area contributed by atoms with Gasteiger partial charge in [-0.1, -0.05) is 0 Å². The molecule has 1 saturated heterocycles. The normalized spacial score (nSPS) is 21.3. The van der Waals surface area contributed by atoms with Crippen LogP contribution in [0.3, 0.4) is 0 Å². The lowest BCUT2D eigenvalue weighted by Gasteiger charge is -2.41. The monoisotopic (exact) mass is 326 g/mol. The Morgan fingerprint density at radius 3 is 2.71 bits per heavy atom. The molecule has 1 atom stereocenters. The van der Waals surface area contributed by atoms with Crippen molar-refractivity contribution in [1.29, 1.82) is 0 Å². The van der Waals surface area contributed by atoms with Gasteiger partial charge in [0.1, 0.15) is 0 Å². The minimum atomic E-state index is 0.0235. The van der Waals surface area contributed by atoms with Gasteiger partial charge in [-0.2, -0.15) is 5.10 Å². The SMILES string of the molecule is CC(=O)c1cnn2ccc(N3CCN(C(=O)C4CC4)[C@H](C)C3)cc12. The highest BCUT2D eigenvalue weighted by atomic mass is 16.2. The first-order chi connectivity index (χ1) is 11.5. The maximum atomic E-state index is 12.3. The molecular formula is C18H22N4O2. The Kier molecular flexibility index (Phi) is 3.55. The predicted molar refractivity (Wildman–Crippen MR) is 91.3 cm³/mol. The van der Waals surface area contributed by atoms with E-state index in [1.54, 1.807) is 17.6 Å². The second-order valence-corrected chi connectivity index (χ2v) is 6.93. The number of carbonyl (C=O) groups is 2. The van der Waals surface area contributed by atoms with Gasteiger partial charge >= 0.3 is 0 Å². The van der Waals surface area contributed by atoms with Gasteiger partial charge in [0, 0.05) is 43.5 Å². The number of ketones is 1. The van der Waals surface area contributed by atoms with Crippen molar-refractivity contribution >= 4 is 22.9 Å². The zero-order valence-electron chi connectivity index (χ0n) is 14.1. The third-order valence-corrected chi connectivity index (χ3v) is 5.09. The molecule has 2 aromatic heterocycles. The third kappa shape index (κ3) is 2.56. The molecule has 2 aliphatic rings. The average Bonchev–Trinajstić information content (AvgIpc) is 3.32. The first-order valence-corrected chi connectivity index (χ1v) is 8.58. The molecule has 0 spiro atoms. The van der Waals surface area contributed by atoms with Gasteiger partial charge in [0.05, 0.1) is 17.3 Å². The zero-order chi connectivity index (χ0) is 16.8. The van der Waals surface area contributed by atoms with Crippen molar-refractivity contribution in [2.75, 3.05) is 24.5 Å². The Morgan fingerprint density at radius 2 is 2.04 bits per heavy atom. The van der Waals surface area contributed by atoms with E-state index < -0.39 is 0 Å². The molecule has 0 radical (unpaired) electrons. The molecule has 1 amide bonds. The summed E-state index contributed by atoms with van der Waals surface area (Å²) in [5.74, 6) is 0.628. The fraction of sp³-hybridized carbons (Fsp3) is 0.500.